The van der Waals surface area contributed by atoms with E-state index in [2.05, 4.69) is 59.3 Å². The van der Waals surface area contributed by atoms with E-state index in [1.165, 1.54) is 49.7 Å². The number of terminal acetylenes is 1. The summed E-state index contributed by atoms with van der Waals surface area (Å²) in [6.45, 7) is 15.7. The van der Waals surface area contributed by atoms with E-state index >= 15 is 0 Å². The van der Waals surface area contributed by atoms with Crippen LogP contribution in [0.3, 0.4) is 0 Å². The molecule has 0 aromatic rings. The number of rotatable bonds is 5. The second-order valence-electron chi connectivity index (χ2n) is 13.3. The summed E-state index contributed by atoms with van der Waals surface area (Å²) in [6.07, 6.45) is 28.9. The van der Waals surface area contributed by atoms with Gasteiger partial charge in [-0.3, -0.25) is 0 Å². The standard InChI is InChI=1S/C32H46.C3H8/c1-6-8-24(7-2)22(4)20-23(5)27-13-14-29-28(27)15-16-31-30(29)12-11-26-19-21(3)17-18-32(26,31)25-9-10-25;1-3-2/h2,6,8,21,25-31H,5,9-20H2,1,3-4H3;3H2,1-2H3/b8-6-,24-22-;. The molecule has 0 N–H and O–H groups in total. The van der Waals surface area contributed by atoms with Crippen molar-refractivity contribution in [2.45, 2.75) is 118 Å². The van der Waals surface area contributed by atoms with Crippen LogP contribution in [0.25, 0.3) is 0 Å². The second kappa shape index (κ2) is 11.4. The molecular weight excluding hydrogens is 420 g/mol. The van der Waals surface area contributed by atoms with Crippen LogP contribution in [0.2, 0.25) is 0 Å². The first-order valence-corrected chi connectivity index (χ1v) is 15.4. The Hall–Kier alpha value is -1.22. The van der Waals surface area contributed by atoms with E-state index < -0.39 is 0 Å². The molecule has 5 aliphatic rings. The fourth-order valence-corrected chi connectivity index (χ4v) is 9.82. The van der Waals surface area contributed by atoms with Crippen molar-refractivity contribution >= 4 is 0 Å². The topological polar surface area (TPSA) is 0 Å². The van der Waals surface area contributed by atoms with Crippen LogP contribution in [0.1, 0.15) is 118 Å². The van der Waals surface area contributed by atoms with Gasteiger partial charge in [-0.15, -0.1) is 6.42 Å². The van der Waals surface area contributed by atoms with Crippen LogP contribution >= 0.6 is 0 Å². The van der Waals surface area contributed by atoms with Gasteiger partial charge in [-0.25, -0.2) is 0 Å². The molecule has 5 aliphatic carbocycles. The Balaban J connectivity index is 0.000000917. The smallest absolute Gasteiger partial charge is 0.0231 e. The van der Waals surface area contributed by atoms with Gasteiger partial charge in [0.25, 0.3) is 0 Å². The summed E-state index contributed by atoms with van der Waals surface area (Å²) in [6, 6.07) is 0. The lowest BCUT2D eigenvalue weighted by Crippen LogP contribution is -2.53. The maximum atomic E-state index is 5.78. The van der Waals surface area contributed by atoms with Crippen molar-refractivity contribution < 1.29 is 0 Å². The summed E-state index contributed by atoms with van der Waals surface area (Å²) in [5.74, 6) is 10.7. The molecule has 0 radical (unpaired) electrons. The largest absolute Gasteiger partial charge is 0.115 e. The summed E-state index contributed by atoms with van der Waals surface area (Å²) >= 11 is 0. The van der Waals surface area contributed by atoms with Gasteiger partial charge in [0.15, 0.2) is 0 Å². The lowest BCUT2D eigenvalue weighted by molar-refractivity contribution is -0.118. The van der Waals surface area contributed by atoms with Crippen LogP contribution in [0.4, 0.5) is 0 Å². The summed E-state index contributed by atoms with van der Waals surface area (Å²) in [5, 5.41) is 0. The molecule has 5 fully saturated rings. The Bertz CT molecular complexity index is 844. The maximum Gasteiger partial charge on any atom is 0.0231 e. The van der Waals surface area contributed by atoms with E-state index in [0.29, 0.717) is 0 Å². The van der Waals surface area contributed by atoms with Gasteiger partial charge in [-0.05, 0) is 137 Å². The number of hydrogen-bond donors (Lipinski definition) is 0. The Labute approximate surface area is 218 Å². The third kappa shape index (κ3) is 5.13. The lowest BCUT2D eigenvalue weighted by atomic mass is 9.44. The maximum absolute atomic E-state index is 5.78. The highest BCUT2D eigenvalue weighted by atomic mass is 14.7. The van der Waals surface area contributed by atoms with E-state index in [1.807, 2.05) is 0 Å². The molecule has 5 saturated carbocycles. The van der Waals surface area contributed by atoms with Gasteiger partial charge in [0.05, 0.1) is 0 Å². The Kier molecular flexibility index (Phi) is 8.78. The average Bonchev–Trinajstić information content (AvgIpc) is 3.61. The molecule has 35 heavy (non-hydrogen) atoms. The summed E-state index contributed by atoms with van der Waals surface area (Å²) in [7, 11) is 0. The van der Waals surface area contributed by atoms with E-state index in [1.54, 1.807) is 38.5 Å². The molecule has 0 heterocycles. The second-order valence-corrected chi connectivity index (χ2v) is 13.3. The van der Waals surface area contributed by atoms with Crippen LogP contribution in [0.15, 0.2) is 35.5 Å². The highest BCUT2D eigenvalue weighted by molar-refractivity contribution is 5.41. The van der Waals surface area contributed by atoms with Crippen LogP contribution in [-0.4, -0.2) is 0 Å². The zero-order valence-corrected chi connectivity index (χ0v) is 23.8. The molecule has 0 amide bonds. The summed E-state index contributed by atoms with van der Waals surface area (Å²) in [5.41, 5.74) is 4.62. The van der Waals surface area contributed by atoms with E-state index in [0.717, 1.165) is 64.8 Å². The summed E-state index contributed by atoms with van der Waals surface area (Å²) in [4.78, 5) is 0. The minimum Gasteiger partial charge on any atom is -0.115 e. The van der Waals surface area contributed by atoms with Crippen LogP contribution in [-0.2, 0) is 0 Å². The molecule has 0 saturated heterocycles. The van der Waals surface area contributed by atoms with Crippen molar-refractivity contribution in [3.63, 3.8) is 0 Å². The monoisotopic (exact) mass is 474 g/mol. The SMILES string of the molecule is C#CC(/C=C\C)=C(\C)CC(=C)C1CCC2C1CCC1C2CCC2CC(C)CCC21C1CC1.CCC. The molecule has 8 unspecified atom stereocenters. The van der Waals surface area contributed by atoms with Gasteiger partial charge in [0.2, 0.25) is 0 Å². The zero-order valence-electron chi connectivity index (χ0n) is 23.8. The van der Waals surface area contributed by atoms with E-state index in [9.17, 15) is 0 Å². The Morgan fingerprint density at radius 2 is 1.60 bits per heavy atom. The predicted octanol–water partition coefficient (Wildman–Crippen LogP) is 10.2. The van der Waals surface area contributed by atoms with Gasteiger partial charge in [0, 0.05) is 5.57 Å². The molecule has 0 bridgehead atoms. The molecule has 194 valence electrons. The summed E-state index contributed by atoms with van der Waals surface area (Å²) < 4.78 is 0. The third-order valence-corrected chi connectivity index (χ3v) is 11.1. The average molecular weight is 475 g/mol. The van der Waals surface area contributed by atoms with Gasteiger partial charge in [-0.1, -0.05) is 69.4 Å². The molecule has 5 rings (SSSR count). The van der Waals surface area contributed by atoms with Crippen LogP contribution < -0.4 is 0 Å². The number of hydrogen-bond acceptors (Lipinski definition) is 0. The predicted molar refractivity (Wildman–Crippen MR) is 153 cm³/mol. The molecule has 0 aromatic carbocycles. The minimum atomic E-state index is 0.738. The molecule has 0 aliphatic heterocycles. The van der Waals surface area contributed by atoms with Gasteiger partial charge in [-0.2, -0.15) is 0 Å². The first-order chi connectivity index (χ1) is 16.9. The van der Waals surface area contributed by atoms with Crippen LogP contribution in [0.5, 0.6) is 0 Å². The molecule has 8 atom stereocenters. The molecular formula is C35H54. The van der Waals surface area contributed by atoms with Crippen molar-refractivity contribution in [3.05, 3.63) is 35.5 Å². The minimum absolute atomic E-state index is 0.738. The normalized spacial score (nSPS) is 41.0. The fraction of sp³-hybridized carbons (Fsp3) is 0.771. The number of fused-ring (bicyclic) bond motifs is 5. The fourth-order valence-electron chi connectivity index (χ4n) is 9.82. The third-order valence-electron chi connectivity index (χ3n) is 11.1. The van der Waals surface area contributed by atoms with E-state index in [4.69, 9.17) is 6.42 Å². The van der Waals surface area contributed by atoms with Crippen molar-refractivity contribution in [3.8, 4) is 12.3 Å². The Morgan fingerprint density at radius 1 is 0.943 bits per heavy atom. The van der Waals surface area contributed by atoms with Crippen molar-refractivity contribution in [1.82, 2.24) is 0 Å². The first-order valence-electron chi connectivity index (χ1n) is 15.4. The molecule has 0 aromatic heterocycles. The number of allylic oxidation sites excluding steroid dienone is 5. The van der Waals surface area contributed by atoms with Gasteiger partial charge >= 0.3 is 0 Å². The molecule has 0 nitrogen and oxygen atoms in total. The van der Waals surface area contributed by atoms with E-state index in [-0.39, 0.29) is 0 Å². The van der Waals surface area contributed by atoms with Gasteiger partial charge < -0.3 is 0 Å². The van der Waals surface area contributed by atoms with Crippen molar-refractivity contribution in [1.29, 1.82) is 0 Å². The van der Waals surface area contributed by atoms with Crippen LogP contribution in [0, 0.1) is 65.1 Å². The Morgan fingerprint density at radius 3 is 2.26 bits per heavy atom. The molecule has 0 heteroatoms. The highest BCUT2D eigenvalue weighted by Gasteiger charge is 2.62. The highest BCUT2D eigenvalue weighted by Crippen LogP contribution is 2.70. The zero-order chi connectivity index (χ0) is 25.2. The molecule has 0 spiro atoms. The van der Waals surface area contributed by atoms with Crippen molar-refractivity contribution in [2.75, 3.05) is 0 Å². The van der Waals surface area contributed by atoms with Gasteiger partial charge in [0.1, 0.15) is 0 Å². The first kappa shape index (κ1) is 26.8. The quantitative estimate of drug-likeness (QED) is 0.211. The van der Waals surface area contributed by atoms with Crippen molar-refractivity contribution in [2.24, 2.45) is 52.8 Å². The lowest BCUT2D eigenvalue weighted by Gasteiger charge is -2.61.